The molecule has 10 heteroatoms. The van der Waals surface area contributed by atoms with E-state index in [1.807, 2.05) is 32.9 Å². The van der Waals surface area contributed by atoms with Crippen LogP contribution in [0.1, 0.15) is 31.9 Å². The van der Waals surface area contributed by atoms with E-state index in [2.05, 4.69) is 21.2 Å². The van der Waals surface area contributed by atoms with Gasteiger partial charge in [0.25, 0.3) is 10.0 Å². The molecule has 0 aliphatic carbocycles. The number of aryl methyl sites for hydroxylation is 1. The third-order valence-electron chi connectivity index (χ3n) is 6.37. The van der Waals surface area contributed by atoms with Crippen molar-refractivity contribution in [2.45, 2.75) is 45.2 Å². The molecule has 0 saturated heterocycles. The van der Waals surface area contributed by atoms with Gasteiger partial charge in [0.15, 0.2) is 0 Å². The van der Waals surface area contributed by atoms with Crippen molar-refractivity contribution >= 4 is 43.5 Å². The summed E-state index contributed by atoms with van der Waals surface area (Å²) in [5.41, 5.74) is 2.02. The highest BCUT2D eigenvalue weighted by molar-refractivity contribution is 9.10. The second kappa shape index (κ2) is 13.8. The van der Waals surface area contributed by atoms with E-state index < -0.39 is 28.5 Å². The first-order chi connectivity index (χ1) is 18.9. The summed E-state index contributed by atoms with van der Waals surface area (Å²) in [5, 5.41) is 2.88. The molecule has 0 radical (unpaired) electrons. The van der Waals surface area contributed by atoms with Crippen molar-refractivity contribution in [1.82, 2.24) is 10.2 Å². The van der Waals surface area contributed by atoms with Crippen LogP contribution in [0.15, 0.2) is 82.2 Å². The van der Waals surface area contributed by atoms with Gasteiger partial charge in [-0.2, -0.15) is 0 Å². The number of nitrogens with one attached hydrogen (secondary N) is 1. The maximum atomic E-state index is 13.9. The molecule has 0 spiro atoms. The van der Waals surface area contributed by atoms with Crippen LogP contribution in [-0.2, 0) is 26.2 Å². The maximum absolute atomic E-state index is 13.9. The molecule has 0 heterocycles. The van der Waals surface area contributed by atoms with E-state index in [0.717, 1.165) is 19.9 Å². The van der Waals surface area contributed by atoms with E-state index in [-0.39, 0.29) is 23.3 Å². The molecule has 214 valence electrons. The van der Waals surface area contributed by atoms with E-state index >= 15 is 0 Å². The average molecular weight is 631 g/mol. The molecule has 2 amide bonds. The predicted molar refractivity (Wildman–Crippen MR) is 161 cm³/mol. The van der Waals surface area contributed by atoms with Crippen LogP contribution < -0.4 is 14.4 Å². The topological polar surface area (TPSA) is 96.0 Å². The van der Waals surface area contributed by atoms with Crippen LogP contribution in [0.3, 0.4) is 0 Å². The summed E-state index contributed by atoms with van der Waals surface area (Å²) < 4.78 is 34.8. The molecule has 0 aromatic heterocycles. The Labute approximate surface area is 245 Å². The quantitative estimate of drug-likeness (QED) is 0.299. The second-order valence-electron chi connectivity index (χ2n) is 9.99. The lowest BCUT2D eigenvalue weighted by Gasteiger charge is -2.32. The number of carbonyl (C=O) groups excluding carboxylic acids is 2. The Bertz CT molecular complexity index is 1390. The third-order valence-corrected chi connectivity index (χ3v) is 8.68. The molecular formula is C30H36BrN3O5S. The molecule has 8 nitrogen and oxygen atoms in total. The second-order valence-corrected chi connectivity index (χ2v) is 12.8. The minimum absolute atomic E-state index is 0.0678. The Morgan fingerprint density at radius 3 is 2.08 bits per heavy atom. The summed E-state index contributed by atoms with van der Waals surface area (Å²) in [7, 11) is -2.54. The Balaban J connectivity index is 2.00. The van der Waals surface area contributed by atoms with Crippen molar-refractivity contribution in [3.63, 3.8) is 0 Å². The van der Waals surface area contributed by atoms with Crippen LogP contribution in [0.5, 0.6) is 5.75 Å². The van der Waals surface area contributed by atoms with Crippen LogP contribution in [-0.4, -0.2) is 51.4 Å². The standard InChI is InChI=1S/C30H36BrN3O5S/c1-21(2)18-32-30(36)23(4)33(19-24-8-14-27(39-5)15-9-24)29(35)20-34(26-12-10-25(31)11-13-26)40(37,38)28-16-6-22(3)7-17-28/h6-17,21,23H,18-20H2,1-5H3,(H,32,36). The van der Waals surface area contributed by atoms with Crippen LogP contribution >= 0.6 is 15.9 Å². The summed E-state index contributed by atoms with van der Waals surface area (Å²) in [6, 6.07) is 19.5. The van der Waals surface area contributed by atoms with Gasteiger partial charge in [-0.3, -0.25) is 13.9 Å². The molecule has 0 fully saturated rings. The van der Waals surface area contributed by atoms with Gasteiger partial charge < -0.3 is 15.0 Å². The molecule has 1 N–H and O–H groups in total. The molecular weight excluding hydrogens is 594 g/mol. The number of halogens is 1. The average Bonchev–Trinajstić information content (AvgIpc) is 2.93. The third kappa shape index (κ3) is 8.08. The fraction of sp³-hybridized carbons (Fsp3) is 0.333. The van der Waals surface area contributed by atoms with Crippen molar-refractivity contribution in [2.24, 2.45) is 5.92 Å². The molecule has 0 bridgehead atoms. The lowest BCUT2D eigenvalue weighted by atomic mass is 10.1. The van der Waals surface area contributed by atoms with Crippen LogP contribution in [0.2, 0.25) is 0 Å². The molecule has 0 aliphatic rings. The molecule has 3 aromatic rings. The van der Waals surface area contributed by atoms with E-state index in [1.54, 1.807) is 62.6 Å². The van der Waals surface area contributed by atoms with Crippen LogP contribution in [0, 0.1) is 12.8 Å². The number of anilines is 1. The number of ether oxygens (including phenoxy) is 1. The zero-order valence-electron chi connectivity index (χ0n) is 23.4. The van der Waals surface area contributed by atoms with Crippen LogP contribution in [0.25, 0.3) is 0 Å². The van der Waals surface area contributed by atoms with Crippen molar-refractivity contribution in [3.8, 4) is 5.75 Å². The molecule has 0 saturated carbocycles. The summed E-state index contributed by atoms with van der Waals surface area (Å²) in [6.07, 6.45) is 0. The highest BCUT2D eigenvalue weighted by Gasteiger charge is 2.32. The Hall–Kier alpha value is -3.37. The van der Waals surface area contributed by atoms with Gasteiger partial charge in [-0.25, -0.2) is 8.42 Å². The number of rotatable bonds is 12. The van der Waals surface area contributed by atoms with Gasteiger partial charge in [-0.15, -0.1) is 0 Å². The van der Waals surface area contributed by atoms with Gasteiger partial charge >= 0.3 is 0 Å². The van der Waals surface area contributed by atoms with Crippen LogP contribution in [0.4, 0.5) is 5.69 Å². The molecule has 1 unspecified atom stereocenters. The predicted octanol–water partition coefficient (Wildman–Crippen LogP) is 5.15. The number of carbonyl (C=O) groups is 2. The molecule has 40 heavy (non-hydrogen) atoms. The minimum atomic E-state index is -4.11. The van der Waals surface area contributed by atoms with E-state index in [9.17, 15) is 18.0 Å². The lowest BCUT2D eigenvalue weighted by Crippen LogP contribution is -2.51. The monoisotopic (exact) mass is 629 g/mol. The van der Waals surface area contributed by atoms with Crippen molar-refractivity contribution in [2.75, 3.05) is 24.5 Å². The highest BCUT2D eigenvalue weighted by atomic mass is 79.9. The fourth-order valence-electron chi connectivity index (χ4n) is 3.94. The molecule has 3 rings (SSSR count). The minimum Gasteiger partial charge on any atom is -0.497 e. The first-order valence-corrected chi connectivity index (χ1v) is 15.2. The van der Waals surface area contributed by atoms with E-state index in [0.29, 0.717) is 18.0 Å². The molecule has 3 aromatic carbocycles. The molecule has 0 aliphatic heterocycles. The first-order valence-electron chi connectivity index (χ1n) is 13.0. The SMILES string of the molecule is COc1ccc(CN(C(=O)CN(c2ccc(Br)cc2)S(=O)(=O)c2ccc(C)cc2)C(C)C(=O)NCC(C)C)cc1. The van der Waals surface area contributed by atoms with Gasteiger partial charge in [0.05, 0.1) is 17.7 Å². The summed E-state index contributed by atoms with van der Waals surface area (Å²) >= 11 is 3.38. The number of sulfonamides is 1. The summed E-state index contributed by atoms with van der Waals surface area (Å²) in [6.45, 7) is 7.56. The largest absolute Gasteiger partial charge is 0.497 e. The van der Waals surface area contributed by atoms with Gasteiger partial charge in [-0.1, -0.05) is 59.6 Å². The Morgan fingerprint density at radius 2 is 1.52 bits per heavy atom. The fourth-order valence-corrected chi connectivity index (χ4v) is 5.61. The first kappa shape index (κ1) is 31.2. The Morgan fingerprint density at radius 1 is 0.925 bits per heavy atom. The molecule has 1 atom stereocenters. The normalized spacial score (nSPS) is 12.1. The number of hydrogen-bond acceptors (Lipinski definition) is 5. The smallest absolute Gasteiger partial charge is 0.264 e. The highest BCUT2D eigenvalue weighted by Crippen LogP contribution is 2.26. The number of benzene rings is 3. The zero-order valence-corrected chi connectivity index (χ0v) is 25.8. The summed E-state index contributed by atoms with van der Waals surface area (Å²) in [4.78, 5) is 28.5. The van der Waals surface area contributed by atoms with Crippen molar-refractivity contribution in [3.05, 3.63) is 88.4 Å². The van der Waals surface area contributed by atoms with Gasteiger partial charge in [0.2, 0.25) is 11.8 Å². The Kier molecular flexibility index (Phi) is 10.8. The van der Waals surface area contributed by atoms with Crippen molar-refractivity contribution < 1.29 is 22.7 Å². The lowest BCUT2D eigenvalue weighted by molar-refractivity contribution is -0.139. The zero-order chi connectivity index (χ0) is 29.4. The van der Waals surface area contributed by atoms with Gasteiger partial charge in [-0.05, 0) is 73.9 Å². The number of amides is 2. The number of hydrogen-bond donors (Lipinski definition) is 1. The van der Waals surface area contributed by atoms with Crippen molar-refractivity contribution in [1.29, 1.82) is 0 Å². The summed E-state index contributed by atoms with van der Waals surface area (Å²) in [5.74, 6) is 0.0677. The number of nitrogens with zero attached hydrogens (tertiary/aromatic N) is 2. The van der Waals surface area contributed by atoms with Gasteiger partial charge in [0, 0.05) is 17.6 Å². The number of methoxy groups -OCH3 is 1. The van der Waals surface area contributed by atoms with E-state index in [4.69, 9.17) is 4.74 Å². The van der Waals surface area contributed by atoms with E-state index in [1.165, 1.54) is 17.0 Å². The van der Waals surface area contributed by atoms with Gasteiger partial charge in [0.1, 0.15) is 18.3 Å². The maximum Gasteiger partial charge on any atom is 0.264 e.